The van der Waals surface area contributed by atoms with Crippen molar-refractivity contribution in [2.75, 3.05) is 35.4 Å². The molecule has 1 aliphatic heterocycles. The Kier molecular flexibility index (Phi) is 7.73. The molecular formula is C21H20BrFN6O5S. The lowest BCUT2D eigenvalue weighted by Gasteiger charge is -2.26. The summed E-state index contributed by atoms with van der Waals surface area (Å²) in [6.45, 7) is 1.59. The molecule has 1 aromatic heterocycles. The summed E-state index contributed by atoms with van der Waals surface area (Å²) in [5, 5.41) is 13.6. The lowest BCUT2D eigenvalue weighted by molar-refractivity contribution is 0.102. The molecule has 14 heteroatoms. The van der Waals surface area contributed by atoms with Gasteiger partial charge in [-0.1, -0.05) is 17.3 Å². The van der Waals surface area contributed by atoms with Gasteiger partial charge < -0.3 is 5.32 Å². The molecule has 1 fully saturated rings. The third-order valence-corrected chi connectivity index (χ3v) is 7.33. The number of anilines is 2. The molecule has 2 heterocycles. The molecule has 0 radical (unpaired) electrons. The van der Waals surface area contributed by atoms with Crippen molar-refractivity contribution in [3.63, 3.8) is 0 Å². The van der Waals surface area contributed by atoms with Gasteiger partial charge >= 0.3 is 0 Å². The second-order valence-corrected chi connectivity index (χ2v) is 10.8. The summed E-state index contributed by atoms with van der Waals surface area (Å²) >= 11 is 3.07. The van der Waals surface area contributed by atoms with Gasteiger partial charge in [0.15, 0.2) is 15.5 Å². The Balaban J connectivity index is 1.29. The lowest BCUT2D eigenvalue weighted by atomic mass is 10.1. The molecule has 11 nitrogen and oxygen atoms in total. The van der Waals surface area contributed by atoms with E-state index < -0.39 is 21.6 Å². The maximum atomic E-state index is 13.3. The number of nitrogens with zero attached hydrogens (tertiary/aromatic N) is 4. The smallest absolute Gasteiger partial charge is 0.256 e. The topological polar surface area (TPSA) is 139 Å². The summed E-state index contributed by atoms with van der Waals surface area (Å²) in [5.41, 5.74) is 4.44. The fourth-order valence-corrected chi connectivity index (χ4v) is 4.85. The molecule has 0 saturated carbocycles. The standard InChI is InChI=1S/C21H20BrFN6O5S/c22-17-11-16(5-6-18(17)23)26-33-24-12-19-20(28-34-27-19)25-21(30)15-3-1-14(2-4-15)13-29-7-9-35(31,32)10-8-29/h1-6,11-12,26H,7-10,13H2,(H,25,28,30)/b24-12+. The van der Waals surface area contributed by atoms with Crippen LogP contribution in [0.1, 0.15) is 21.6 Å². The number of rotatable bonds is 8. The molecule has 2 aromatic carbocycles. The number of benzene rings is 2. The Morgan fingerprint density at radius 3 is 2.66 bits per heavy atom. The summed E-state index contributed by atoms with van der Waals surface area (Å²) in [5.74, 6) is -0.472. The Bertz CT molecular complexity index is 1320. The third-order valence-electron chi connectivity index (χ3n) is 5.12. The predicted octanol–water partition coefficient (Wildman–Crippen LogP) is 2.83. The predicted molar refractivity (Wildman–Crippen MR) is 129 cm³/mol. The highest BCUT2D eigenvalue weighted by atomic mass is 79.9. The highest BCUT2D eigenvalue weighted by molar-refractivity contribution is 9.10. The largest absolute Gasteiger partial charge is 0.302 e. The first-order valence-corrected chi connectivity index (χ1v) is 13.0. The number of nitrogens with one attached hydrogen (secondary N) is 2. The number of halogens is 2. The molecule has 0 unspecified atom stereocenters. The maximum absolute atomic E-state index is 13.3. The number of carbonyl (C=O) groups is 1. The minimum Gasteiger partial charge on any atom is -0.302 e. The molecule has 35 heavy (non-hydrogen) atoms. The SMILES string of the molecule is O=C(Nc1nonc1/C=N/ONc1ccc(F)c(Br)c1)c1ccc(CN2CCS(=O)(=O)CC2)cc1. The first-order valence-electron chi connectivity index (χ1n) is 10.4. The van der Waals surface area contributed by atoms with E-state index in [9.17, 15) is 17.6 Å². The molecule has 1 saturated heterocycles. The van der Waals surface area contributed by atoms with Gasteiger partial charge in [0.1, 0.15) is 12.0 Å². The number of hydrogen-bond acceptors (Lipinski definition) is 10. The maximum Gasteiger partial charge on any atom is 0.256 e. The van der Waals surface area contributed by atoms with Crippen LogP contribution in [0.25, 0.3) is 0 Å². The van der Waals surface area contributed by atoms with Crippen molar-refractivity contribution in [3.8, 4) is 0 Å². The van der Waals surface area contributed by atoms with E-state index >= 15 is 0 Å². The molecule has 3 aromatic rings. The van der Waals surface area contributed by atoms with Gasteiger partial charge in [-0.15, -0.1) is 0 Å². The minimum atomic E-state index is -2.93. The number of carbonyl (C=O) groups excluding carboxylic acids is 1. The molecule has 0 aliphatic carbocycles. The van der Waals surface area contributed by atoms with Crippen molar-refractivity contribution >= 4 is 49.4 Å². The highest BCUT2D eigenvalue weighted by Crippen LogP contribution is 2.20. The van der Waals surface area contributed by atoms with E-state index in [0.29, 0.717) is 30.9 Å². The van der Waals surface area contributed by atoms with Gasteiger partial charge in [-0.05, 0) is 62.1 Å². The minimum absolute atomic E-state index is 0.0467. The fraction of sp³-hybridized carbons (Fsp3) is 0.238. The summed E-state index contributed by atoms with van der Waals surface area (Å²) in [7, 11) is -2.93. The van der Waals surface area contributed by atoms with Crippen LogP contribution in [-0.2, 0) is 21.3 Å². The van der Waals surface area contributed by atoms with Crippen molar-refractivity contribution in [1.29, 1.82) is 0 Å². The zero-order chi connectivity index (χ0) is 24.8. The molecule has 0 atom stereocenters. The summed E-state index contributed by atoms with van der Waals surface area (Å²) in [4.78, 5) is 19.6. The normalized spacial score (nSPS) is 15.7. The monoisotopic (exact) mass is 566 g/mol. The first kappa shape index (κ1) is 24.8. The van der Waals surface area contributed by atoms with Gasteiger partial charge in [0, 0.05) is 25.2 Å². The van der Waals surface area contributed by atoms with E-state index in [1.165, 1.54) is 24.4 Å². The molecule has 1 aliphatic rings. The van der Waals surface area contributed by atoms with E-state index in [4.69, 9.17) is 4.94 Å². The van der Waals surface area contributed by atoms with Crippen molar-refractivity contribution < 1.29 is 27.2 Å². The molecule has 1 amide bonds. The average Bonchev–Trinajstić information content (AvgIpc) is 3.27. The Labute approximate surface area is 208 Å². The number of oxime groups is 1. The zero-order valence-electron chi connectivity index (χ0n) is 18.1. The summed E-state index contributed by atoms with van der Waals surface area (Å²) in [6.07, 6.45) is 1.18. The van der Waals surface area contributed by atoms with E-state index in [-0.39, 0.29) is 27.5 Å². The molecule has 2 N–H and O–H groups in total. The Morgan fingerprint density at radius 1 is 1.20 bits per heavy atom. The van der Waals surface area contributed by atoms with Crippen LogP contribution in [0.5, 0.6) is 0 Å². The van der Waals surface area contributed by atoms with Crippen LogP contribution in [-0.4, -0.2) is 60.3 Å². The second kappa shape index (κ2) is 10.9. The van der Waals surface area contributed by atoms with Crippen LogP contribution in [0.4, 0.5) is 15.9 Å². The zero-order valence-corrected chi connectivity index (χ0v) is 20.6. The van der Waals surface area contributed by atoms with Gasteiger partial charge in [0.25, 0.3) is 5.91 Å². The van der Waals surface area contributed by atoms with Gasteiger partial charge in [0.05, 0.1) is 21.7 Å². The van der Waals surface area contributed by atoms with Gasteiger partial charge in [0.2, 0.25) is 5.82 Å². The summed E-state index contributed by atoms with van der Waals surface area (Å²) in [6, 6.07) is 11.1. The van der Waals surface area contributed by atoms with Crippen LogP contribution in [0, 0.1) is 5.82 Å². The molecule has 184 valence electrons. The Morgan fingerprint density at radius 2 is 1.94 bits per heavy atom. The fourth-order valence-electron chi connectivity index (χ4n) is 3.19. The third kappa shape index (κ3) is 6.83. The van der Waals surface area contributed by atoms with Crippen LogP contribution < -0.4 is 10.8 Å². The van der Waals surface area contributed by atoms with Crippen molar-refractivity contribution in [3.05, 3.63) is 69.6 Å². The lowest BCUT2D eigenvalue weighted by Crippen LogP contribution is -2.39. The van der Waals surface area contributed by atoms with E-state index in [2.05, 4.69) is 51.7 Å². The molecule has 0 bridgehead atoms. The number of sulfone groups is 1. The van der Waals surface area contributed by atoms with E-state index in [1.54, 1.807) is 12.1 Å². The first-order chi connectivity index (χ1) is 16.8. The van der Waals surface area contributed by atoms with Crippen LogP contribution >= 0.6 is 15.9 Å². The molecule has 0 spiro atoms. The van der Waals surface area contributed by atoms with Crippen molar-refractivity contribution in [1.82, 2.24) is 15.2 Å². The van der Waals surface area contributed by atoms with Gasteiger partial charge in [-0.25, -0.2) is 17.4 Å². The van der Waals surface area contributed by atoms with Gasteiger partial charge in [-0.2, -0.15) is 5.48 Å². The molecule has 4 rings (SSSR count). The van der Waals surface area contributed by atoms with E-state index in [0.717, 1.165) is 5.56 Å². The second-order valence-electron chi connectivity index (χ2n) is 7.63. The number of aromatic nitrogens is 2. The van der Waals surface area contributed by atoms with Gasteiger partial charge in [-0.3, -0.25) is 14.6 Å². The van der Waals surface area contributed by atoms with Crippen LogP contribution in [0.15, 0.2) is 56.7 Å². The number of hydrogen-bond donors (Lipinski definition) is 2. The van der Waals surface area contributed by atoms with Crippen LogP contribution in [0.3, 0.4) is 0 Å². The average molecular weight is 567 g/mol. The number of amides is 1. The Hall–Kier alpha value is -3.36. The summed E-state index contributed by atoms with van der Waals surface area (Å²) < 4.78 is 41.3. The van der Waals surface area contributed by atoms with Crippen LogP contribution in [0.2, 0.25) is 0 Å². The quantitative estimate of drug-likeness (QED) is 0.311. The van der Waals surface area contributed by atoms with Crippen molar-refractivity contribution in [2.24, 2.45) is 5.16 Å². The molecular weight excluding hydrogens is 547 g/mol. The van der Waals surface area contributed by atoms with Crippen molar-refractivity contribution in [2.45, 2.75) is 6.54 Å². The highest BCUT2D eigenvalue weighted by Gasteiger charge is 2.21. The van der Waals surface area contributed by atoms with E-state index in [1.807, 2.05) is 12.1 Å².